The number of anilines is 2. The lowest BCUT2D eigenvalue weighted by molar-refractivity contribution is 0.0779. The van der Waals surface area contributed by atoms with Crippen molar-refractivity contribution in [3.63, 3.8) is 0 Å². The molecule has 1 amide bonds. The van der Waals surface area contributed by atoms with Gasteiger partial charge < -0.3 is 10.2 Å². The molecule has 132 valence electrons. The molecule has 0 unspecified atom stereocenters. The fourth-order valence-corrected chi connectivity index (χ4v) is 2.87. The first-order chi connectivity index (χ1) is 12.5. The van der Waals surface area contributed by atoms with Crippen molar-refractivity contribution in [1.82, 2.24) is 9.88 Å². The Labute approximate surface area is 158 Å². The molecule has 0 saturated heterocycles. The van der Waals surface area contributed by atoms with Crippen LogP contribution in [-0.2, 0) is 6.54 Å². The van der Waals surface area contributed by atoms with Gasteiger partial charge in [0.15, 0.2) is 0 Å². The number of hydrogen-bond donors (Lipinski definition) is 1. The molecule has 5 heteroatoms. The number of nitrogens with zero attached hydrogens (tertiary/aromatic N) is 2. The molecule has 26 heavy (non-hydrogen) atoms. The van der Waals surface area contributed by atoms with Crippen LogP contribution in [0.2, 0.25) is 5.02 Å². The summed E-state index contributed by atoms with van der Waals surface area (Å²) in [7, 11) is 1.78. The summed E-state index contributed by atoms with van der Waals surface area (Å²) in [6.45, 7) is 2.53. The van der Waals surface area contributed by atoms with Crippen molar-refractivity contribution in [2.75, 3.05) is 12.4 Å². The third-order valence-corrected chi connectivity index (χ3v) is 4.29. The van der Waals surface area contributed by atoms with Crippen molar-refractivity contribution in [1.29, 1.82) is 0 Å². The van der Waals surface area contributed by atoms with Gasteiger partial charge in [-0.05, 0) is 48.4 Å². The fraction of sp³-hybridized carbons (Fsp3) is 0.143. The second kappa shape index (κ2) is 8.02. The van der Waals surface area contributed by atoms with Crippen molar-refractivity contribution in [3.05, 3.63) is 88.7 Å². The van der Waals surface area contributed by atoms with Crippen molar-refractivity contribution in [2.45, 2.75) is 13.5 Å². The van der Waals surface area contributed by atoms with Crippen LogP contribution < -0.4 is 5.32 Å². The highest BCUT2D eigenvalue weighted by molar-refractivity contribution is 6.30. The van der Waals surface area contributed by atoms with Gasteiger partial charge in [0.25, 0.3) is 5.91 Å². The lowest BCUT2D eigenvalue weighted by Gasteiger charge is -2.17. The van der Waals surface area contributed by atoms with Gasteiger partial charge in [-0.2, -0.15) is 0 Å². The smallest absolute Gasteiger partial charge is 0.272 e. The quantitative estimate of drug-likeness (QED) is 0.687. The van der Waals surface area contributed by atoms with Crippen LogP contribution in [0, 0.1) is 6.92 Å². The van der Waals surface area contributed by atoms with E-state index >= 15 is 0 Å². The first-order valence-electron chi connectivity index (χ1n) is 8.31. The molecule has 3 aromatic rings. The van der Waals surface area contributed by atoms with E-state index in [1.165, 1.54) is 0 Å². The molecule has 0 spiro atoms. The minimum Gasteiger partial charge on any atom is -0.354 e. The van der Waals surface area contributed by atoms with E-state index in [4.69, 9.17) is 11.6 Å². The van der Waals surface area contributed by atoms with Gasteiger partial charge in [-0.25, -0.2) is 4.98 Å². The summed E-state index contributed by atoms with van der Waals surface area (Å²) in [5.41, 5.74) is 4.32. The van der Waals surface area contributed by atoms with E-state index in [1.54, 1.807) is 24.2 Å². The van der Waals surface area contributed by atoms with E-state index in [9.17, 15) is 4.79 Å². The van der Waals surface area contributed by atoms with Gasteiger partial charge in [0.2, 0.25) is 0 Å². The molecular weight excluding hydrogens is 346 g/mol. The largest absolute Gasteiger partial charge is 0.354 e. The summed E-state index contributed by atoms with van der Waals surface area (Å²) in [6.07, 6.45) is 1.66. The van der Waals surface area contributed by atoms with Gasteiger partial charge in [0.05, 0.1) is 11.9 Å². The molecule has 0 bridgehead atoms. The molecule has 1 heterocycles. The molecule has 0 atom stereocenters. The first kappa shape index (κ1) is 18.0. The zero-order chi connectivity index (χ0) is 18.5. The predicted octanol–water partition coefficient (Wildman–Crippen LogP) is 5.06. The molecule has 0 saturated carbocycles. The maximum Gasteiger partial charge on any atom is 0.272 e. The number of benzene rings is 2. The molecule has 2 aromatic carbocycles. The Morgan fingerprint density at radius 1 is 1.12 bits per heavy atom. The minimum absolute atomic E-state index is 0.108. The standard InChI is InChI=1S/C21H20ClN3O/c1-15-12-17(22)8-10-19(15)24-18-9-11-20(23-13-18)21(26)25(2)14-16-6-4-3-5-7-16/h3-13,24H,14H2,1-2H3. The van der Waals surface area contributed by atoms with Crippen molar-refractivity contribution in [2.24, 2.45) is 0 Å². The monoisotopic (exact) mass is 365 g/mol. The predicted molar refractivity (Wildman–Crippen MR) is 106 cm³/mol. The van der Waals surface area contributed by atoms with Gasteiger partial charge in [-0.1, -0.05) is 41.9 Å². The molecule has 1 aromatic heterocycles. The Morgan fingerprint density at radius 2 is 1.88 bits per heavy atom. The van der Waals surface area contributed by atoms with Gasteiger partial charge in [0, 0.05) is 24.3 Å². The van der Waals surface area contributed by atoms with Crippen LogP contribution >= 0.6 is 11.6 Å². The summed E-state index contributed by atoms with van der Waals surface area (Å²) < 4.78 is 0. The van der Waals surface area contributed by atoms with E-state index in [2.05, 4.69) is 10.3 Å². The van der Waals surface area contributed by atoms with Crippen LogP contribution in [0.1, 0.15) is 21.6 Å². The van der Waals surface area contributed by atoms with Gasteiger partial charge >= 0.3 is 0 Å². The van der Waals surface area contributed by atoms with E-state index in [0.717, 1.165) is 22.5 Å². The summed E-state index contributed by atoms with van der Waals surface area (Å²) in [4.78, 5) is 18.5. The Kier molecular flexibility index (Phi) is 5.54. The van der Waals surface area contributed by atoms with Crippen LogP contribution in [0.5, 0.6) is 0 Å². The van der Waals surface area contributed by atoms with Crippen molar-refractivity contribution >= 4 is 28.9 Å². The molecule has 0 aliphatic rings. The lowest BCUT2D eigenvalue weighted by Crippen LogP contribution is -2.26. The number of halogens is 1. The van der Waals surface area contributed by atoms with Gasteiger partial charge in [-0.15, -0.1) is 0 Å². The number of carbonyl (C=O) groups excluding carboxylic acids is 1. The molecule has 0 fully saturated rings. The molecule has 3 rings (SSSR count). The van der Waals surface area contributed by atoms with Crippen LogP contribution in [0.25, 0.3) is 0 Å². The normalized spacial score (nSPS) is 10.4. The van der Waals surface area contributed by atoms with Crippen molar-refractivity contribution < 1.29 is 4.79 Å². The Hall–Kier alpha value is -2.85. The summed E-state index contributed by atoms with van der Waals surface area (Å²) in [5.74, 6) is -0.108. The van der Waals surface area contributed by atoms with Gasteiger partial charge in [-0.3, -0.25) is 4.79 Å². The number of amides is 1. The third-order valence-electron chi connectivity index (χ3n) is 4.06. The lowest BCUT2D eigenvalue weighted by atomic mass is 10.2. The van der Waals surface area contributed by atoms with E-state index in [-0.39, 0.29) is 5.91 Å². The van der Waals surface area contributed by atoms with Crippen LogP contribution in [0.4, 0.5) is 11.4 Å². The first-order valence-corrected chi connectivity index (χ1v) is 8.69. The average molecular weight is 366 g/mol. The zero-order valence-electron chi connectivity index (χ0n) is 14.7. The second-order valence-electron chi connectivity index (χ2n) is 6.16. The number of hydrogen-bond acceptors (Lipinski definition) is 3. The minimum atomic E-state index is -0.108. The van der Waals surface area contributed by atoms with E-state index in [0.29, 0.717) is 17.3 Å². The Morgan fingerprint density at radius 3 is 2.54 bits per heavy atom. The average Bonchev–Trinajstić information content (AvgIpc) is 2.65. The molecule has 0 radical (unpaired) electrons. The summed E-state index contributed by atoms with van der Waals surface area (Å²) in [5, 5.41) is 3.99. The number of nitrogens with one attached hydrogen (secondary N) is 1. The summed E-state index contributed by atoms with van der Waals surface area (Å²) in [6, 6.07) is 19.1. The molecule has 4 nitrogen and oxygen atoms in total. The van der Waals surface area contributed by atoms with Gasteiger partial charge in [0.1, 0.15) is 5.69 Å². The maximum absolute atomic E-state index is 12.5. The number of pyridine rings is 1. The SMILES string of the molecule is Cc1cc(Cl)ccc1Nc1ccc(C(=O)N(C)Cc2ccccc2)nc1. The fourth-order valence-electron chi connectivity index (χ4n) is 2.64. The van der Waals surface area contributed by atoms with Crippen LogP contribution in [0.15, 0.2) is 66.9 Å². The van der Waals surface area contributed by atoms with Crippen molar-refractivity contribution in [3.8, 4) is 0 Å². The highest BCUT2D eigenvalue weighted by Crippen LogP contribution is 2.23. The third kappa shape index (κ3) is 4.41. The topological polar surface area (TPSA) is 45.2 Å². The van der Waals surface area contributed by atoms with Crippen LogP contribution in [0.3, 0.4) is 0 Å². The molecule has 1 N–H and O–H groups in total. The maximum atomic E-state index is 12.5. The highest BCUT2D eigenvalue weighted by atomic mass is 35.5. The summed E-state index contributed by atoms with van der Waals surface area (Å²) >= 11 is 5.98. The number of aryl methyl sites for hydroxylation is 1. The number of aromatic nitrogens is 1. The van der Waals surface area contributed by atoms with E-state index in [1.807, 2.05) is 61.5 Å². The Balaban J connectivity index is 1.67. The molecular formula is C21H20ClN3O. The van der Waals surface area contributed by atoms with Crippen LogP contribution in [-0.4, -0.2) is 22.8 Å². The molecule has 0 aliphatic heterocycles. The highest BCUT2D eigenvalue weighted by Gasteiger charge is 2.13. The molecule has 0 aliphatic carbocycles. The second-order valence-corrected chi connectivity index (χ2v) is 6.60. The Bertz CT molecular complexity index is 895. The number of carbonyl (C=O) groups is 1. The van der Waals surface area contributed by atoms with E-state index < -0.39 is 0 Å². The zero-order valence-corrected chi connectivity index (χ0v) is 15.5. The number of rotatable bonds is 5.